The summed E-state index contributed by atoms with van der Waals surface area (Å²) in [6, 6.07) is 6.24. The molecule has 0 saturated heterocycles. The first-order chi connectivity index (χ1) is 5.00. The van der Waals surface area contributed by atoms with E-state index >= 15 is 0 Å². The first-order valence-electron chi connectivity index (χ1n) is 2.75. The minimum absolute atomic E-state index is 0. The molecule has 0 spiro atoms. The summed E-state index contributed by atoms with van der Waals surface area (Å²) in [6.07, 6.45) is 0. The summed E-state index contributed by atoms with van der Waals surface area (Å²) < 4.78 is 8.66. The van der Waals surface area contributed by atoms with Gasteiger partial charge in [-0.3, -0.25) is 0 Å². The molecule has 4 nitrogen and oxygen atoms in total. The molecule has 1 aromatic rings. The monoisotopic (exact) mass is 217 g/mol. The minimum Gasteiger partial charge on any atom is -0.790 e. The summed E-state index contributed by atoms with van der Waals surface area (Å²) in [6.45, 7) is 0. The normalized spacial score (nSPS) is 8.92. The van der Waals surface area contributed by atoms with Gasteiger partial charge in [0.05, 0.1) is 7.82 Å². The molecule has 0 amide bonds. The quantitative estimate of drug-likeness (QED) is 0.410. The van der Waals surface area contributed by atoms with Crippen LogP contribution in [0.1, 0.15) is 0 Å². The average Bonchev–Trinajstić information content (AvgIpc) is 1.88. The number of phosphoric acid groups is 1. The van der Waals surface area contributed by atoms with Gasteiger partial charge in [-0.05, 0) is 0 Å². The van der Waals surface area contributed by atoms with E-state index in [1.165, 1.54) is 0 Å². The first kappa shape index (κ1) is 14.7. The molecule has 63 valence electrons. The Balaban J connectivity index is 0. The molecule has 0 aliphatic rings. The van der Waals surface area contributed by atoms with Crippen molar-refractivity contribution in [1.29, 1.82) is 0 Å². The van der Waals surface area contributed by atoms with Crippen LogP contribution < -0.4 is 9.79 Å². The predicted molar refractivity (Wildman–Crippen MR) is 44.8 cm³/mol. The van der Waals surface area contributed by atoms with Gasteiger partial charge in [0.2, 0.25) is 0 Å². The Kier molecular flexibility index (Phi) is 9.61. The van der Waals surface area contributed by atoms with Crippen molar-refractivity contribution in [3.05, 3.63) is 29.6 Å². The maximum atomic E-state index is 8.66. The fourth-order valence-electron chi connectivity index (χ4n) is 0.385. The van der Waals surface area contributed by atoms with Crippen molar-refractivity contribution >= 4 is 34.3 Å². The third-order valence-corrected chi connectivity index (χ3v) is 1.56. The zero-order chi connectivity index (χ0) is 8.74. The van der Waals surface area contributed by atoms with E-state index in [9.17, 15) is 0 Å². The summed E-state index contributed by atoms with van der Waals surface area (Å²) in [7, 11) is -4.63. The van der Waals surface area contributed by atoms with E-state index in [1.54, 1.807) is 0 Å². The zero-order valence-electron chi connectivity index (χ0n) is 6.16. The summed E-state index contributed by atoms with van der Waals surface area (Å²) in [5.74, 6) is 0. The molecule has 0 atom stereocenters. The molecule has 1 aromatic heterocycles. The van der Waals surface area contributed by atoms with Crippen LogP contribution >= 0.6 is 7.82 Å². The van der Waals surface area contributed by atoms with Gasteiger partial charge in [0, 0.05) is 9.12 Å². The van der Waals surface area contributed by atoms with Crippen LogP contribution in [0.4, 0.5) is 0 Å². The maximum Gasteiger partial charge on any atom is 2.00 e. The van der Waals surface area contributed by atoms with Gasteiger partial charge in [0.1, 0.15) is 0 Å². The van der Waals surface area contributed by atoms with Crippen LogP contribution in [0.2, 0.25) is 0 Å². The molecule has 12 heavy (non-hydrogen) atoms. The van der Waals surface area contributed by atoms with Crippen LogP contribution in [0.25, 0.3) is 0 Å². The second-order valence-corrected chi connectivity index (χ2v) is 3.72. The van der Waals surface area contributed by atoms with E-state index in [1.807, 2.05) is 0 Å². The molecule has 0 unspecified atom stereocenters. The number of hydrogen-bond acceptors (Lipinski definition) is 3. The average molecular weight is 217 g/mol. The SMILES string of the molecule is O=P([O-])([O-])O.[Al+2].c1cc[siH]cc1. The van der Waals surface area contributed by atoms with Crippen molar-refractivity contribution in [2.45, 2.75) is 0 Å². The van der Waals surface area contributed by atoms with Crippen molar-refractivity contribution in [2.24, 2.45) is 0 Å². The van der Waals surface area contributed by atoms with E-state index in [0.717, 1.165) is 0 Å². The minimum atomic E-state index is -5.14. The third-order valence-electron chi connectivity index (χ3n) is 0.667. The largest absolute Gasteiger partial charge is 2.00 e. The standard InChI is InChI=1S/C5H6Si.Al.H3O4P/c1-2-4-6-5-3-1;;1-5(2,3)4/h1-6H;;(H3,1,2,3,4)/q;+2;/p-2. The molecule has 0 aliphatic carbocycles. The van der Waals surface area contributed by atoms with Gasteiger partial charge < -0.3 is 19.2 Å². The smallest absolute Gasteiger partial charge is 0.790 e. The van der Waals surface area contributed by atoms with Crippen LogP contribution in [0.3, 0.4) is 0 Å². The van der Waals surface area contributed by atoms with Gasteiger partial charge in [0.25, 0.3) is 0 Å². The van der Waals surface area contributed by atoms with Crippen LogP contribution in [0.15, 0.2) is 29.6 Å². The van der Waals surface area contributed by atoms with Gasteiger partial charge in [-0.2, -0.15) is 0 Å². The van der Waals surface area contributed by atoms with E-state index < -0.39 is 7.82 Å². The van der Waals surface area contributed by atoms with Gasteiger partial charge >= 0.3 is 17.4 Å². The Bertz CT molecular complexity index is 191. The van der Waals surface area contributed by atoms with E-state index in [4.69, 9.17) is 19.2 Å². The molecule has 1 radical (unpaired) electrons. The molecule has 1 rings (SSSR count). The van der Waals surface area contributed by atoms with Crippen LogP contribution in [0, 0.1) is 0 Å². The first-order valence-corrected chi connectivity index (χ1v) is 5.58. The molecule has 0 aromatic carbocycles. The second kappa shape index (κ2) is 7.84. The van der Waals surface area contributed by atoms with Crippen molar-refractivity contribution in [3.63, 3.8) is 0 Å². The Morgan fingerprint density at radius 1 is 1.17 bits per heavy atom. The van der Waals surface area contributed by atoms with E-state index in [-0.39, 0.29) is 17.4 Å². The predicted octanol–water partition coefficient (Wildman–Crippen LogP) is -1.82. The van der Waals surface area contributed by atoms with Crippen LogP contribution in [-0.4, -0.2) is 31.4 Å². The summed E-state index contributed by atoms with van der Waals surface area (Å²) in [5, 5.41) is 0. The molecule has 0 saturated carbocycles. The molecular formula is C5H7AlO4PSi. The summed E-state index contributed by atoms with van der Waals surface area (Å²) >= 11 is 0. The zero-order valence-corrected chi connectivity index (χ0v) is 9.36. The Morgan fingerprint density at radius 2 is 1.50 bits per heavy atom. The molecule has 0 bridgehead atoms. The van der Waals surface area contributed by atoms with Crippen molar-refractivity contribution in [3.8, 4) is 0 Å². The Hall–Kier alpha value is 0.209. The summed E-state index contributed by atoms with van der Waals surface area (Å²) in [4.78, 5) is 24.3. The van der Waals surface area contributed by atoms with Gasteiger partial charge in [-0.1, -0.05) is 29.6 Å². The van der Waals surface area contributed by atoms with Crippen LogP contribution in [-0.2, 0) is 4.57 Å². The van der Waals surface area contributed by atoms with Crippen molar-refractivity contribution in [2.75, 3.05) is 0 Å². The fraction of sp³-hybridized carbons (Fsp3) is 0. The Morgan fingerprint density at radius 3 is 1.58 bits per heavy atom. The van der Waals surface area contributed by atoms with Crippen molar-refractivity contribution < 1.29 is 19.2 Å². The molecule has 1 heterocycles. The molecule has 0 aliphatic heterocycles. The van der Waals surface area contributed by atoms with Gasteiger partial charge in [0.15, 0.2) is 0 Å². The molecule has 0 fully saturated rings. The maximum absolute atomic E-state index is 8.66. The second-order valence-electron chi connectivity index (χ2n) is 1.62. The summed E-state index contributed by atoms with van der Waals surface area (Å²) in [5.41, 5.74) is 4.42. The molecular weight excluding hydrogens is 210 g/mol. The van der Waals surface area contributed by atoms with Gasteiger partial charge in [-0.25, -0.2) is 0 Å². The molecule has 1 N–H and O–H groups in total. The Labute approximate surface area is 83.4 Å². The van der Waals surface area contributed by atoms with E-state index in [0.29, 0.717) is 9.12 Å². The van der Waals surface area contributed by atoms with Crippen LogP contribution in [0.5, 0.6) is 0 Å². The third kappa shape index (κ3) is 22.5. The van der Waals surface area contributed by atoms with Crippen molar-refractivity contribution in [1.82, 2.24) is 0 Å². The van der Waals surface area contributed by atoms with E-state index in [2.05, 4.69) is 29.6 Å². The number of rotatable bonds is 0. The van der Waals surface area contributed by atoms with Gasteiger partial charge in [-0.15, -0.1) is 0 Å². The number of hydrogen-bond donors (Lipinski definition) is 1. The molecule has 7 heteroatoms. The fourth-order valence-corrected chi connectivity index (χ4v) is 1.03. The topological polar surface area (TPSA) is 83.4 Å².